The molecule has 0 aromatic carbocycles. The monoisotopic (exact) mass is 289 g/mol. The number of nitrogens with one attached hydrogen (secondary N) is 2. The van der Waals surface area contributed by atoms with Crippen LogP contribution < -0.4 is 10.6 Å². The van der Waals surface area contributed by atoms with Gasteiger partial charge in [-0.05, 0) is 22.0 Å². The molecule has 2 rings (SSSR count). The highest BCUT2D eigenvalue weighted by atomic mass is 79.9. The van der Waals surface area contributed by atoms with Crippen molar-refractivity contribution in [1.29, 1.82) is 0 Å². The molecule has 15 heavy (non-hydrogen) atoms. The first-order valence-electron chi connectivity index (χ1n) is 5.21. The fourth-order valence-corrected chi connectivity index (χ4v) is 3.07. The summed E-state index contributed by atoms with van der Waals surface area (Å²) in [5.74, 6) is 0. The largest absolute Gasteiger partial charge is 0.314 e. The number of hydrogen-bond acceptors (Lipinski definition) is 4. The van der Waals surface area contributed by atoms with Crippen LogP contribution in [0.25, 0.3) is 0 Å². The summed E-state index contributed by atoms with van der Waals surface area (Å²) in [6.07, 6.45) is 0. The highest BCUT2D eigenvalue weighted by Crippen LogP contribution is 2.19. The van der Waals surface area contributed by atoms with Gasteiger partial charge in [-0.25, -0.2) is 0 Å². The number of thiophene rings is 1. The molecule has 3 nitrogen and oxygen atoms in total. The SMILES string of the molecule is Brc1csc(CNCN2CCNCC2)c1. The molecule has 0 bridgehead atoms. The maximum absolute atomic E-state index is 3.47. The lowest BCUT2D eigenvalue weighted by Crippen LogP contribution is -2.46. The highest BCUT2D eigenvalue weighted by Gasteiger charge is 2.08. The van der Waals surface area contributed by atoms with Crippen LogP contribution in [0.15, 0.2) is 15.9 Å². The van der Waals surface area contributed by atoms with Gasteiger partial charge in [-0.2, -0.15) is 0 Å². The molecule has 0 unspecified atom stereocenters. The lowest BCUT2D eigenvalue weighted by atomic mass is 10.4. The van der Waals surface area contributed by atoms with Crippen LogP contribution in [0.1, 0.15) is 4.88 Å². The van der Waals surface area contributed by atoms with Gasteiger partial charge in [0.1, 0.15) is 0 Å². The third-order valence-electron chi connectivity index (χ3n) is 2.47. The molecule has 0 atom stereocenters. The Balaban J connectivity index is 1.65. The molecule has 2 heterocycles. The smallest absolute Gasteiger partial charge is 0.0484 e. The third-order valence-corrected chi connectivity index (χ3v) is 4.16. The predicted octanol–water partition coefficient (Wildman–Crippen LogP) is 1.46. The molecule has 0 aliphatic carbocycles. The number of rotatable bonds is 4. The average molecular weight is 290 g/mol. The van der Waals surface area contributed by atoms with Crippen molar-refractivity contribution in [3.05, 3.63) is 20.8 Å². The van der Waals surface area contributed by atoms with Crippen LogP contribution in [0.4, 0.5) is 0 Å². The van der Waals surface area contributed by atoms with E-state index < -0.39 is 0 Å². The first kappa shape index (κ1) is 11.5. The van der Waals surface area contributed by atoms with Crippen LogP contribution in [-0.2, 0) is 6.54 Å². The molecule has 0 saturated carbocycles. The molecular formula is C10H16BrN3S. The fourth-order valence-electron chi connectivity index (χ4n) is 1.65. The second-order valence-corrected chi connectivity index (χ2v) is 5.60. The van der Waals surface area contributed by atoms with E-state index in [0.29, 0.717) is 0 Å². The standard InChI is InChI=1S/C10H16BrN3S/c11-9-5-10(15-7-9)6-13-8-14-3-1-12-2-4-14/h5,7,12-13H,1-4,6,8H2. The lowest BCUT2D eigenvalue weighted by Gasteiger charge is -2.27. The molecule has 84 valence electrons. The average Bonchev–Trinajstić information content (AvgIpc) is 2.66. The minimum atomic E-state index is 0.972. The van der Waals surface area contributed by atoms with E-state index in [1.807, 2.05) is 0 Å². The Bertz CT molecular complexity index is 297. The van der Waals surface area contributed by atoms with Crippen LogP contribution in [0.2, 0.25) is 0 Å². The van der Waals surface area contributed by atoms with E-state index in [4.69, 9.17) is 0 Å². The predicted molar refractivity (Wildman–Crippen MR) is 68.2 cm³/mol. The Kier molecular flexibility index (Phi) is 4.59. The summed E-state index contributed by atoms with van der Waals surface area (Å²) in [5.41, 5.74) is 0. The van der Waals surface area contributed by atoms with Crippen LogP contribution in [-0.4, -0.2) is 37.7 Å². The summed E-state index contributed by atoms with van der Waals surface area (Å²) in [5, 5.41) is 8.95. The van der Waals surface area contributed by atoms with Crippen LogP contribution in [0.5, 0.6) is 0 Å². The summed E-state index contributed by atoms with van der Waals surface area (Å²) < 4.78 is 1.19. The number of halogens is 1. The highest BCUT2D eigenvalue weighted by molar-refractivity contribution is 9.10. The molecule has 1 saturated heterocycles. The number of nitrogens with zero attached hydrogens (tertiary/aromatic N) is 1. The molecule has 1 aromatic heterocycles. The van der Waals surface area contributed by atoms with Gasteiger partial charge in [0.15, 0.2) is 0 Å². The van der Waals surface area contributed by atoms with Crippen molar-refractivity contribution in [3.8, 4) is 0 Å². The topological polar surface area (TPSA) is 27.3 Å². The molecule has 0 amide bonds. The fraction of sp³-hybridized carbons (Fsp3) is 0.600. The summed E-state index contributed by atoms with van der Waals surface area (Å²) in [6.45, 7) is 6.51. The van der Waals surface area contributed by atoms with E-state index in [0.717, 1.165) is 39.4 Å². The molecule has 2 N–H and O–H groups in total. The molecular weight excluding hydrogens is 274 g/mol. The normalized spacial score (nSPS) is 18.2. The maximum atomic E-state index is 3.47. The van der Waals surface area contributed by atoms with Crippen molar-refractivity contribution >= 4 is 27.3 Å². The maximum Gasteiger partial charge on any atom is 0.0484 e. The molecule has 5 heteroatoms. The van der Waals surface area contributed by atoms with Gasteiger partial charge < -0.3 is 5.32 Å². The minimum absolute atomic E-state index is 0.972. The Morgan fingerprint density at radius 2 is 2.27 bits per heavy atom. The summed E-state index contributed by atoms with van der Waals surface area (Å²) >= 11 is 5.26. The quantitative estimate of drug-likeness (QED) is 0.879. The summed E-state index contributed by atoms with van der Waals surface area (Å²) in [7, 11) is 0. The van der Waals surface area contributed by atoms with E-state index in [-0.39, 0.29) is 0 Å². The Labute approximate surface area is 103 Å². The molecule has 1 aromatic rings. The lowest BCUT2D eigenvalue weighted by molar-refractivity contribution is 0.223. The van der Waals surface area contributed by atoms with E-state index in [9.17, 15) is 0 Å². The first-order valence-corrected chi connectivity index (χ1v) is 6.88. The molecule has 0 radical (unpaired) electrons. The zero-order valence-electron chi connectivity index (χ0n) is 8.63. The molecule has 0 spiro atoms. The number of piperazine rings is 1. The third kappa shape index (κ3) is 3.85. The van der Waals surface area contributed by atoms with E-state index in [2.05, 4.69) is 42.9 Å². The molecule has 1 fully saturated rings. The summed E-state index contributed by atoms with van der Waals surface area (Å²) in [4.78, 5) is 3.83. The van der Waals surface area contributed by atoms with Gasteiger partial charge in [0.25, 0.3) is 0 Å². The van der Waals surface area contributed by atoms with Crippen molar-refractivity contribution in [2.75, 3.05) is 32.8 Å². The van der Waals surface area contributed by atoms with Crippen LogP contribution >= 0.6 is 27.3 Å². The van der Waals surface area contributed by atoms with E-state index in [1.54, 1.807) is 11.3 Å². The second kappa shape index (κ2) is 5.96. The van der Waals surface area contributed by atoms with E-state index >= 15 is 0 Å². The van der Waals surface area contributed by atoms with E-state index in [1.165, 1.54) is 9.35 Å². The molecule has 1 aliphatic rings. The van der Waals surface area contributed by atoms with Gasteiger partial charge >= 0.3 is 0 Å². The minimum Gasteiger partial charge on any atom is -0.314 e. The van der Waals surface area contributed by atoms with Gasteiger partial charge in [-0.15, -0.1) is 11.3 Å². The molecule has 1 aliphatic heterocycles. The van der Waals surface area contributed by atoms with Crippen molar-refractivity contribution in [1.82, 2.24) is 15.5 Å². The van der Waals surface area contributed by atoms with Crippen molar-refractivity contribution in [2.45, 2.75) is 6.54 Å². The van der Waals surface area contributed by atoms with Crippen molar-refractivity contribution < 1.29 is 0 Å². The van der Waals surface area contributed by atoms with Crippen LogP contribution in [0.3, 0.4) is 0 Å². The van der Waals surface area contributed by atoms with Gasteiger partial charge in [0, 0.05) is 54.1 Å². The zero-order valence-corrected chi connectivity index (χ0v) is 11.0. The van der Waals surface area contributed by atoms with Crippen molar-refractivity contribution in [2.24, 2.45) is 0 Å². The van der Waals surface area contributed by atoms with Gasteiger partial charge in [0.05, 0.1) is 0 Å². The Morgan fingerprint density at radius 1 is 1.47 bits per heavy atom. The van der Waals surface area contributed by atoms with Gasteiger partial charge in [-0.1, -0.05) is 0 Å². The van der Waals surface area contributed by atoms with Crippen LogP contribution in [0, 0.1) is 0 Å². The Hall–Kier alpha value is 0.0600. The zero-order chi connectivity index (χ0) is 10.5. The Morgan fingerprint density at radius 3 is 2.93 bits per heavy atom. The first-order chi connectivity index (χ1) is 7.34. The number of hydrogen-bond donors (Lipinski definition) is 2. The van der Waals surface area contributed by atoms with Gasteiger partial charge in [-0.3, -0.25) is 10.2 Å². The van der Waals surface area contributed by atoms with Crippen molar-refractivity contribution in [3.63, 3.8) is 0 Å². The van der Waals surface area contributed by atoms with Gasteiger partial charge in [0.2, 0.25) is 0 Å². The second-order valence-electron chi connectivity index (χ2n) is 3.68. The summed E-state index contributed by atoms with van der Waals surface area (Å²) in [6, 6.07) is 2.18.